The van der Waals surface area contributed by atoms with Gasteiger partial charge in [-0.15, -0.1) is 0 Å². The van der Waals surface area contributed by atoms with Crippen molar-refractivity contribution in [1.29, 1.82) is 0 Å². The number of hydrogen-bond donors (Lipinski definition) is 1. The zero-order chi connectivity index (χ0) is 10.8. The molecule has 1 aliphatic rings. The van der Waals surface area contributed by atoms with Crippen LogP contribution in [-0.4, -0.2) is 18.3 Å². The van der Waals surface area contributed by atoms with Gasteiger partial charge in [0.2, 0.25) is 12.5 Å². The van der Waals surface area contributed by atoms with Crippen LogP contribution in [0.4, 0.5) is 5.69 Å². The van der Waals surface area contributed by atoms with Crippen LogP contribution in [0.2, 0.25) is 0 Å². The Morgan fingerprint density at radius 3 is 2.93 bits per heavy atom. The summed E-state index contributed by atoms with van der Waals surface area (Å²) in [4.78, 5) is 10.4. The van der Waals surface area contributed by atoms with Crippen molar-refractivity contribution < 1.29 is 14.4 Å². The molecule has 2 rings (SSSR count). The van der Waals surface area contributed by atoms with E-state index in [1.807, 2.05) is 0 Å². The minimum atomic E-state index is -0.460. The highest BCUT2D eigenvalue weighted by atomic mass is 16.7. The molecule has 6 heteroatoms. The van der Waals surface area contributed by atoms with Gasteiger partial charge in [-0.25, -0.2) is 0 Å². The summed E-state index contributed by atoms with van der Waals surface area (Å²) in [6.45, 7) is 0.392. The average molecular weight is 210 g/mol. The van der Waals surface area contributed by atoms with Gasteiger partial charge in [0, 0.05) is 5.56 Å². The topological polar surface area (TPSA) is 87.6 Å². The van der Waals surface area contributed by atoms with E-state index in [2.05, 4.69) is 0 Å². The Kier molecular flexibility index (Phi) is 2.42. The van der Waals surface area contributed by atoms with E-state index >= 15 is 0 Å². The number of nitrogens with two attached hydrogens (primary N) is 1. The van der Waals surface area contributed by atoms with Crippen LogP contribution in [0, 0.1) is 10.1 Å². The van der Waals surface area contributed by atoms with Crippen LogP contribution < -0.4 is 15.2 Å². The van der Waals surface area contributed by atoms with Crippen molar-refractivity contribution in [2.45, 2.75) is 6.42 Å². The van der Waals surface area contributed by atoms with E-state index in [-0.39, 0.29) is 18.2 Å². The van der Waals surface area contributed by atoms with Crippen LogP contribution in [0.3, 0.4) is 0 Å². The number of rotatable bonds is 3. The fraction of sp³-hybridized carbons (Fsp3) is 0.333. The molecular formula is C9H10N2O4. The number of hydrogen-bond acceptors (Lipinski definition) is 5. The maximum absolute atomic E-state index is 10.9. The third kappa shape index (κ3) is 1.59. The van der Waals surface area contributed by atoms with Gasteiger partial charge < -0.3 is 15.2 Å². The summed E-state index contributed by atoms with van der Waals surface area (Å²) >= 11 is 0. The molecule has 6 nitrogen and oxygen atoms in total. The number of fused-ring (bicyclic) bond motifs is 1. The van der Waals surface area contributed by atoms with Crippen LogP contribution in [0.25, 0.3) is 0 Å². The number of benzene rings is 1. The van der Waals surface area contributed by atoms with Gasteiger partial charge in [0.25, 0.3) is 0 Å². The molecule has 0 radical (unpaired) electrons. The highest BCUT2D eigenvalue weighted by Crippen LogP contribution is 2.42. The summed E-state index contributed by atoms with van der Waals surface area (Å²) in [5, 5.41) is 10.9. The first-order valence-electron chi connectivity index (χ1n) is 4.50. The Hall–Kier alpha value is -1.82. The highest BCUT2D eigenvalue weighted by Gasteiger charge is 2.28. The molecule has 15 heavy (non-hydrogen) atoms. The van der Waals surface area contributed by atoms with Gasteiger partial charge >= 0.3 is 5.69 Å². The molecule has 1 heterocycles. The van der Waals surface area contributed by atoms with E-state index in [9.17, 15) is 10.1 Å². The van der Waals surface area contributed by atoms with Crippen molar-refractivity contribution in [3.05, 3.63) is 27.8 Å². The van der Waals surface area contributed by atoms with Crippen molar-refractivity contribution in [1.82, 2.24) is 0 Å². The van der Waals surface area contributed by atoms with Gasteiger partial charge in [-0.3, -0.25) is 10.1 Å². The van der Waals surface area contributed by atoms with Crippen LogP contribution in [0.5, 0.6) is 11.5 Å². The van der Waals surface area contributed by atoms with E-state index in [0.29, 0.717) is 24.3 Å². The molecule has 0 unspecified atom stereocenters. The lowest BCUT2D eigenvalue weighted by Gasteiger charge is -2.03. The molecule has 0 saturated heterocycles. The summed E-state index contributed by atoms with van der Waals surface area (Å²) in [5.74, 6) is 0.633. The smallest absolute Gasteiger partial charge is 0.318 e. The molecule has 0 aliphatic carbocycles. The summed E-state index contributed by atoms with van der Waals surface area (Å²) in [6.07, 6.45) is 0.451. The molecule has 0 saturated carbocycles. The third-order valence-electron chi connectivity index (χ3n) is 2.19. The van der Waals surface area contributed by atoms with E-state index in [1.54, 1.807) is 12.1 Å². The monoisotopic (exact) mass is 210 g/mol. The average Bonchev–Trinajstić information content (AvgIpc) is 2.64. The maximum atomic E-state index is 10.9. The lowest BCUT2D eigenvalue weighted by molar-refractivity contribution is -0.386. The lowest BCUT2D eigenvalue weighted by atomic mass is 10.1. The molecule has 2 N–H and O–H groups in total. The molecule has 80 valence electrons. The third-order valence-corrected chi connectivity index (χ3v) is 2.19. The Morgan fingerprint density at radius 2 is 2.27 bits per heavy atom. The Morgan fingerprint density at radius 1 is 1.47 bits per heavy atom. The second-order valence-corrected chi connectivity index (χ2v) is 3.10. The maximum Gasteiger partial charge on any atom is 0.318 e. The van der Waals surface area contributed by atoms with Crippen LogP contribution >= 0.6 is 0 Å². The molecule has 0 aromatic heterocycles. The van der Waals surface area contributed by atoms with E-state index < -0.39 is 4.92 Å². The van der Waals surface area contributed by atoms with Crippen molar-refractivity contribution >= 4 is 5.69 Å². The molecule has 1 aromatic carbocycles. The molecule has 1 aliphatic heterocycles. The van der Waals surface area contributed by atoms with Crippen LogP contribution in [0.1, 0.15) is 5.56 Å². The Bertz CT molecular complexity index is 405. The lowest BCUT2D eigenvalue weighted by Crippen LogP contribution is -2.05. The zero-order valence-electron chi connectivity index (χ0n) is 7.93. The van der Waals surface area contributed by atoms with Gasteiger partial charge in [-0.05, 0) is 25.1 Å². The number of nitro groups is 1. The fourth-order valence-electron chi connectivity index (χ4n) is 1.56. The summed E-state index contributed by atoms with van der Waals surface area (Å²) in [7, 11) is 0. The minimum Gasteiger partial charge on any atom is -0.453 e. The molecule has 0 spiro atoms. The van der Waals surface area contributed by atoms with Gasteiger partial charge in [0.05, 0.1) is 4.92 Å². The van der Waals surface area contributed by atoms with E-state index in [1.165, 1.54) is 0 Å². The standard InChI is InChI=1S/C9H10N2O4/c10-4-3-6-1-2-7-9(15-5-14-7)8(6)11(12)13/h1-2H,3-5,10H2. The minimum absolute atomic E-state index is 0.0300. The van der Waals surface area contributed by atoms with Gasteiger partial charge in [-0.1, -0.05) is 0 Å². The number of ether oxygens (including phenoxy) is 2. The normalized spacial score (nSPS) is 12.9. The number of nitro benzene ring substituents is 1. The zero-order valence-corrected chi connectivity index (χ0v) is 7.93. The molecule has 0 bridgehead atoms. The molecule has 0 fully saturated rings. The largest absolute Gasteiger partial charge is 0.453 e. The molecule has 1 aromatic rings. The van der Waals surface area contributed by atoms with Crippen molar-refractivity contribution in [3.63, 3.8) is 0 Å². The summed E-state index contributed by atoms with van der Waals surface area (Å²) < 4.78 is 10.1. The molecular weight excluding hydrogens is 200 g/mol. The fourth-order valence-corrected chi connectivity index (χ4v) is 1.56. The van der Waals surface area contributed by atoms with Crippen molar-refractivity contribution in [2.24, 2.45) is 5.73 Å². The quantitative estimate of drug-likeness (QED) is 0.589. The van der Waals surface area contributed by atoms with Gasteiger partial charge in [0.15, 0.2) is 5.75 Å². The van der Waals surface area contributed by atoms with E-state index in [0.717, 1.165) is 0 Å². The SMILES string of the molecule is NCCc1ccc2c(c1[N+](=O)[O-])OCO2. The van der Waals surface area contributed by atoms with Crippen LogP contribution in [0.15, 0.2) is 12.1 Å². The van der Waals surface area contributed by atoms with Gasteiger partial charge in [0.1, 0.15) is 0 Å². The second-order valence-electron chi connectivity index (χ2n) is 3.10. The predicted molar refractivity (Wildman–Crippen MR) is 52.0 cm³/mol. The highest BCUT2D eigenvalue weighted by molar-refractivity contribution is 5.61. The van der Waals surface area contributed by atoms with Crippen molar-refractivity contribution in [2.75, 3.05) is 13.3 Å². The summed E-state index contributed by atoms with van der Waals surface area (Å²) in [5.41, 5.74) is 5.92. The first kappa shape index (κ1) is 9.72. The second kappa shape index (κ2) is 3.74. The summed E-state index contributed by atoms with van der Waals surface area (Å²) in [6, 6.07) is 3.32. The Labute approximate surface area is 85.7 Å². The molecule has 0 atom stereocenters. The van der Waals surface area contributed by atoms with Crippen LogP contribution in [-0.2, 0) is 6.42 Å². The van der Waals surface area contributed by atoms with Gasteiger partial charge in [-0.2, -0.15) is 0 Å². The van der Waals surface area contributed by atoms with E-state index in [4.69, 9.17) is 15.2 Å². The van der Waals surface area contributed by atoms with Crippen molar-refractivity contribution in [3.8, 4) is 11.5 Å². The first-order valence-corrected chi connectivity index (χ1v) is 4.50. The number of nitrogens with zero attached hydrogens (tertiary/aromatic N) is 1. The predicted octanol–water partition coefficient (Wildman–Crippen LogP) is 0.825. The molecule has 0 amide bonds. The Balaban J connectivity index is 2.53. The first-order chi connectivity index (χ1) is 7.24.